The molecule has 1 aliphatic heterocycles. The van der Waals surface area contributed by atoms with Crippen LogP contribution in [0.4, 0.5) is 10.5 Å². The van der Waals surface area contributed by atoms with E-state index in [0.717, 1.165) is 4.31 Å². The summed E-state index contributed by atoms with van der Waals surface area (Å²) in [6.45, 7) is 2.02. The minimum absolute atomic E-state index is 0.156. The fourth-order valence-electron chi connectivity index (χ4n) is 1.63. The summed E-state index contributed by atoms with van der Waals surface area (Å²) in [5, 5.41) is 2.56. The highest BCUT2D eigenvalue weighted by atomic mass is 32.2. The molecular formula is C10H12N2O3S. The van der Waals surface area contributed by atoms with E-state index in [1.54, 1.807) is 18.2 Å². The van der Waals surface area contributed by atoms with E-state index in [1.807, 2.05) is 6.92 Å². The highest BCUT2D eigenvalue weighted by Crippen LogP contribution is 2.29. The van der Waals surface area contributed by atoms with Gasteiger partial charge in [0.15, 0.2) is 0 Å². The predicted molar refractivity (Wildman–Crippen MR) is 59.6 cm³/mol. The molecule has 0 radical (unpaired) electrons. The van der Waals surface area contributed by atoms with E-state index in [1.165, 1.54) is 6.07 Å². The number of urea groups is 1. The number of nitrogens with one attached hydrogen (secondary N) is 1. The van der Waals surface area contributed by atoms with Gasteiger partial charge < -0.3 is 5.32 Å². The van der Waals surface area contributed by atoms with Gasteiger partial charge in [-0.05, 0) is 18.6 Å². The van der Waals surface area contributed by atoms with Crippen molar-refractivity contribution in [3.05, 3.63) is 24.3 Å². The monoisotopic (exact) mass is 240 g/mol. The Balaban J connectivity index is 2.56. The van der Waals surface area contributed by atoms with Crippen LogP contribution >= 0.6 is 0 Å². The van der Waals surface area contributed by atoms with Gasteiger partial charge in [-0.2, -0.15) is 0 Å². The summed E-state index contributed by atoms with van der Waals surface area (Å²) in [4.78, 5) is 11.8. The SMILES string of the molecule is CCCN1C(=O)Nc2ccccc2S1(=O)=O. The molecule has 1 aromatic carbocycles. The van der Waals surface area contributed by atoms with Gasteiger partial charge in [-0.3, -0.25) is 0 Å². The van der Waals surface area contributed by atoms with Crippen LogP contribution in [0.5, 0.6) is 0 Å². The van der Waals surface area contributed by atoms with Crippen molar-refractivity contribution >= 4 is 21.7 Å². The third-order valence-electron chi connectivity index (χ3n) is 2.35. The summed E-state index contributed by atoms with van der Waals surface area (Å²) in [5.74, 6) is 0. The molecule has 86 valence electrons. The number of amides is 2. The second kappa shape index (κ2) is 3.79. The topological polar surface area (TPSA) is 66.5 Å². The number of nitrogens with zero attached hydrogens (tertiary/aromatic N) is 1. The zero-order chi connectivity index (χ0) is 11.8. The molecule has 1 aromatic rings. The Morgan fingerprint density at radius 3 is 2.69 bits per heavy atom. The van der Waals surface area contributed by atoms with Gasteiger partial charge in [0.25, 0.3) is 10.0 Å². The Labute approximate surface area is 94.1 Å². The average Bonchev–Trinajstić information content (AvgIpc) is 2.24. The number of rotatable bonds is 2. The third-order valence-corrected chi connectivity index (χ3v) is 4.19. The molecule has 0 unspecified atom stereocenters. The summed E-state index contributed by atoms with van der Waals surface area (Å²) >= 11 is 0. The first kappa shape index (κ1) is 10.9. The number of hydrogen-bond donors (Lipinski definition) is 1. The summed E-state index contributed by atoms with van der Waals surface area (Å²) in [6, 6.07) is 5.81. The fourth-order valence-corrected chi connectivity index (χ4v) is 3.20. The molecule has 1 heterocycles. The van der Waals surface area contributed by atoms with Crippen molar-refractivity contribution in [2.24, 2.45) is 0 Å². The molecule has 5 nitrogen and oxygen atoms in total. The van der Waals surface area contributed by atoms with E-state index in [4.69, 9.17) is 0 Å². The van der Waals surface area contributed by atoms with E-state index >= 15 is 0 Å². The minimum atomic E-state index is -3.67. The van der Waals surface area contributed by atoms with Crippen LogP contribution in [-0.2, 0) is 10.0 Å². The normalized spacial score (nSPS) is 17.8. The third kappa shape index (κ3) is 1.55. The summed E-state index contributed by atoms with van der Waals surface area (Å²) < 4.78 is 25.0. The van der Waals surface area contributed by atoms with Crippen LogP contribution in [0.2, 0.25) is 0 Å². The predicted octanol–water partition coefficient (Wildman–Crippen LogP) is 1.63. The second-order valence-corrected chi connectivity index (χ2v) is 5.33. The van der Waals surface area contributed by atoms with Crippen LogP contribution in [-0.4, -0.2) is 25.3 Å². The van der Waals surface area contributed by atoms with Crippen LogP contribution in [0.15, 0.2) is 29.2 Å². The molecule has 2 amide bonds. The number of carbonyl (C=O) groups excluding carboxylic acids is 1. The number of anilines is 1. The highest BCUT2D eigenvalue weighted by Gasteiger charge is 2.35. The number of sulfonamides is 1. The molecular weight excluding hydrogens is 228 g/mol. The van der Waals surface area contributed by atoms with Crippen molar-refractivity contribution in [1.82, 2.24) is 4.31 Å². The van der Waals surface area contributed by atoms with Gasteiger partial charge in [0.05, 0.1) is 5.69 Å². The molecule has 0 saturated carbocycles. The fraction of sp³-hybridized carbons (Fsp3) is 0.300. The molecule has 0 aliphatic carbocycles. The van der Waals surface area contributed by atoms with Crippen molar-refractivity contribution in [1.29, 1.82) is 0 Å². The second-order valence-electron chi connectivity index (χ2n) is 3.50. The van der Waals surface area contributed by atoms with E-state index in [0.29, 0.717) is 12.1 Å². The smallest absolute Gasteiger partial charge is 0.306 e. The zero-order valence-corrected chi connectivity index (χ0v) is 9.62. The van der Waals surface area contributed by atoms with Gasteiger partial charge in [-0.1, -0.05) is 19.1 Å². The maximum absolute atomic E-state index is 12.1. The van der Waals surface area contributed by atoms with Crippen LogP contribution in [0.25, 0.3) is 0 Å². The van der Waals surface area contributed by atoms with Crippen molar-refractivity contribution in [2.45, 2.75) is 18.2 Å². The lowest BCUT2D eigenvalue weighted by Gasteiger charge is -2.28. The molecule has 1 N–H and O–H groups in total. The Hall–Kier alpha value is -1.56. The Kier molecular flexibility index (Phi) is 2.59. The summed E-state index contributed by atoms with van der Waals surface area (Å²) in [7, 11) is -3.67. The van der Waals surface area contributed by atoms with Crippen molar-refractivity contribution in [2.75, 3.05) is 11.9 Å². The van der Waals surface area contributed by atoms with E-state index < -0.39 is 16.1 Å². The van der Waals surface area contributed by atoms with E-state index in [2.05, 4.69) is 5.32 Å². The van der Waals surface area contributed by atoms with E-state index in [-0.39, 0.29) is 11.4 Å². The lowest BCUT2D eigenvalue weighted by molar-refractivity contribution is 0.234. The molecule has 0 saturated heterocycles. The Bertz CT molecular complexity index is 525. The average molecular weight is 240 g/mol. The summed E-state index contributed by atoms with van der Waals surface area (Å²) in [6.07, 6.45) is 0.592. The molecule has 0 spiro atoms. The first-order valence-electron chi connectivity index (χ1n) is 5.00. The largest absolute Gasteiger partial charge is 0.335 e. The van der Waals surface area contributed by atoms with Gasteiger partial charge in [-0.25, -0.2) is 17.5 Å². The quantitative estimate of drug-likeness (QED) is 0.854. The Morgan fingerprint density at radius 1 is 1.31 bits per heavy atom. The standard InChI is InChI=1S/C10H12N2O3S/c1-2-7-12-10(13)11-8-5-3-4-6-9(8)16(12,14)15/h3-6H,2,7H2,1H3,(H,11,13). The van der Waals surface area contributed by atoms with Crippen LogP contribution in [0.3, 0.4) is 0 Å². The molecule has 1 aliphatic rings. The minimum Gasteiger partial charge on any atom is -0.306 e. The molecule has 0 aromatic heterocycles. The number of fused-ring (bicyclic) bond motifs is 1. The van der Waals surface area contributed by atoms with Gasteiger partial charge in [0.1, 0.15) is 4.90 Å². The van der Waals surface area contributed by atoms with Gasteiger partial charge in [-0.15, -0.1) is 0 Å². The first-order chi connectivity index (χ1) is 7.57. The van der Waals surface area contributed by atoms with Crippen molar-refractivity contribution in [3.63, 3.8) is 0 Å². The number of carbonyl (C=O) groups is 1. The van der Waals surface area contributed by atoms with E-state index in [9.17, 15) is 13.2 Å². The first-order valence-corrected chi connectivity index (χ1v) is 6.44. The van der Waals surface area contributed by atoms with Crippen LogP contribution < -0.4 is 5.32 Å². The number of benzene rings is 1. The summed E-state index contributed by atoms with van der Waals surface area (Å²) in [5.41, 5.74) is 0.347. The molecule has 0 fully saturated rings. The maximum atomic E-state index is 12.1. The lowest BCUT2D eigenvalue weighted by Crippen LogP contribution is -2.44. The molecule has 2 rings (SSSR count). The van der Waals surface area contributed by atoms with Gasteiger partial charge in [0.2, 0.25) is 0 Å². The molecule has 0 atom stereocenters. The number of hydrogen-bond acceptors (Lipinski definition) is 3. The zero-order valence-electron chi connectivity index (χ0n) is 8.80. The van der Waals surface area contributed by atoms with Crippen molar-refractivity contribution < 1.29 is 13.2 Å². The van der Waals surface area contributed by atoms with Crippen LogP contribution in [0.1, 0.15) is 13.3 Å². The lowest BCUT2D eigenvalue weighted by atomic mass is 10.3. The number of para-hydroxylation sites is 1. The molecule has 6 heteroatoms. The Morgan fingerprint density at radius 2 is 2.00 bits per heavy atom. The van der Waals surface area contributed by atoms with Gasteiger partial charge >= 0.3 is 6.03 Å². The van der Waals surface area contributed by atoms with Gasteiger partial charge in [0, 0.05) is 6.54 Å². The van der Waals surface area contributed by atoms with Crippen molar-refractivity contribution in [3.8, 4) is 0 Å². The molecule has 16 heavy (non-hydrogen) atoms. The highest BCUT2D eigenvalue weighted by molar-refractivity contribution is 7.90. The maximum Gasteiger partial charge on any atom is 0.335 e. The molecule has 0 bridgehead atoms. The van der Waals surface area contributed by atoms with Crippen LogP contribution in [0, 0.1) is 0 Å².